The molecule has 0 aromatic heterocycles. The predicted molar refractivity (Wildman–Crippen MR) is 72.2 cm³/mol. The monoisotopic (exact) mass is 304 g/mol. The zero-order valence-electron chi connectivity index (χ0n) is 11.8. The van der Waals surface area contributed by atoms with Gasteiger partial charge in [0.25, 0.3) is 5.92 Å². The number of hydrogen-bond acceptors (Lipinski definition) is 4. The Bertz CT molecular complexity index is 479. The van der Waals surface area contributed by atoms with Crippen molar-refractivity contribution in [3.05, 3.63) is 29.6 Å². The molecule has 21 heavy (non-hydrogen) atoms. The first-order chi connectivity index (χ1) is 9.99. The average Bonchev–Trinajstić information content (AvgIpc) is 2.48. The molecule has 4 nitrogen and oxygen atoms in total. The van der Waals surface area contributed by atoms with E-state index in [1.807, 2.05) is 0 Å². The van der Waals surface area contributed by atoms with E-state index in [0.29, 0.717) is 26.2 Å². The van der Waals surface area contributed by atoms with Crippen LogP contribution in [0.2, 0.25) is 0 Å². The van der Waals surface area contributed by atoms with Crippen LogP contribution in [-0.2, 0) is 0 Å². The van der Waals surface area contributed by atoms with Gasteiger partial charge in [-0.3, -0.25) is 4.90 Å². The summed E-state index contributed by atoms with van der Waals surface area (Å²) < 4.78 is 47.1. The molecule has 1 aliphatic rings. The van der Waals surface area contributed by atoms with Crippen molar-refractivity contribution in [3.63, 3.8) is 0 Å². The molecular formula is C14H19F3N2O2. The van der Waals surface area contributed by atoms with Crippen LogP contribution in [0.5, 0.6) is 5.75 Å². The molecular weight excluding hydrogens is 285 g/mol. The summed E-state index contributed by atoms with van der Waals surface area (Å²) in [6, 6.07) is 2.12. The van der Waals surface area contributed by atoms with E-state index in [0.717, 1.165) is 12.1 Å². The number of benzene rings is 1. The third-order valence-corrected chi connectivity index (χ3v) is 3.61. The number of methoxy groups -OCH3 is 1. The Morgan fingerprint density at radius 1 is 1.38 bits per heavy atom. The van der Waals surface area contributed by atoms with Crippen molar-refractivity contribution in [2.75, 3.05) is 39.9 Å². The van der Waals surface area contributed by atoms with Crippen molar-refractivity contribution in [1.29, 1.82) is 0 Å². The quantitative estimate of drug-likeness (QED) is 0.863. The van der Waals surface area contributed by atoms with E-state index in [1.54, 1.807) is 4.90 Å². The van der Waals surface area contributed by atoms with Gasteiger partial charge in [0, 0.05) is 31.7 Å². The van der Waals surface area contributed by atoms with E-state index in [-0.39, 0.29) is 11.3 Å². The molecule has 1 heterocycles. The minimum atomic E-state index is -3.39. The van der Waals surface area contributed by atoms with Gasteiger partial charge in [-0.1, -0.05) is 0 Å². The van der Waals surface area contributed by atoms with Gasteiger partial charge in [0.1, 0.15) is 24.2 Å². The second-order valence-electron chi connectivity index (χ2n) is 4.99. The lowest BCUT2D eigenvalue weighted by atomic mass is 9.97. The second-order valence-corrected chi connectivity index (χ2v) is 4.99. The zero-order chi connectivity index (χ0) is 15.5. The van der Waals surface area contributed by atoms with Gasteiger partial charge in [-0.2, -0.15) is 0 Å². The third kappa shape index (κ3) is 3.48. The summed E-state index contributed by atoms with van der Waals surface area (Å²) in [6.07, 6.45) is 0. The van der Waals surface area contributed by atoms with E-state index in [9.17, 15) is 13.2 Å². The lowest BCUT2D eigenvalue weighted by molar-refractivity contribution is -0.119. The molecule has 0 aliphatic carbocycles. The lowest BCUT2D eigenvalue weighted by Gasteiger charge is -2.39. The average molecular weight is 304 g/mol. The number of nitrogens with zero attached hydrogens (tertiary/aromatic N) is 1. The summed E-state index contributed by atoms with van der Waals surface area (Å²) >= 11 is 0. The standard InChI is InChI=1S/C14H19F3N2O2/c1-21-12-3-2-10(15)8-11(12)13(14(16,17)9-20)19-6-4-18-5-7-19/h2-3,8,13,18,20H,4-7,9H2,1H3/t13-/m1/s1. The number of hydrogen-bond donors (Lipinski definition) is 2. The first-order valence-corrected chi connectivity index (χ1v) is 6.76. The zero-order valence-corrected chi connectivity index (χ0v) is 11.8. The van der Waals surface area contributed by atoms with E-state index in [4.69, 9.17) is 9.84 Å². The van der Waals surface area contributed by atoms with Gasteiger partial charge in [-0.15, -0.1) is 0 Å². The SMILES string of the molecule is COc1ccc(F)cc1[C@@H](N1CCNCC1)C(F)(F)CO. The fourth-order valence-electron chi connectivity index (χ4n) is 2.64. The molecule has 1 aliphatic heterocycles. The van der Waals surface area contributed by atoms with Crippen molar-refractivity contribution in [1.82, 2.24) is 10.2 Å². The van der Waals surface area contributed by atoms with Crippen LogP contribution < -0.4 is 10.1 Å². The number of halogens is 3. The number of piperazine rings is 1. The summed E-state index contributed by atoms with van der Waals surface area (Å²) in [4.78, 5) is 1.55. The fourth-order valence-corrected chi connectivity index (χ4v) is 2.64. The Hall–Kier alpha value is -1.31. The van der Waals surface area contributed by atoms with Crippen molar-refractivity contribution < 1.29 is 23.0 Å². The van der Waals surface area contributed by atoms with Crippen LogP contribution >= 0.6 is 0 Å². The van der Waals surface area contributed by atoms with Crippen molar-refractivity contribution in [2.24, 2.45) is 0 Å². The van der Waals surface area contributed by atoms with Gasteiger partial charge in [0.2, 0.25) is 0 Å². The van der Waals surface area contributed by atoms with Crippen LogP contribution in [0.3, 0.4) is 0 Å². The summed E-state index contributed by atoms with van der Waals surface area (Å²) in [5.41, 5.74) is 0.0541. The van der Waals surface area contributed by atoms with E-state index in [1.165, 1.54) is 13.2 Å². The summed E-state index contributed by atoms with van der Waals surface area (Å²) in [6.45, 7) is 0.604. The number of ether oxygens (including phenoxy) is 1. The molecule has 0 amide bonds. The Morgan fingerprint density at radius 3 is 2.62 bits per heavy atom. The third-order valence-electron chi connectivity index (χ3n) is 3.61. The molecule has 7 heteroatoms. The largest absolute Gasteiger partial charge is 0.496 e. The molecule has 1 saturated heterocycles. The molecule has 1 aromatic carbocycles. The molecule has 118 valence electrons. The van der Waals surface area contributed by atoms with Crippen LogP contribution in [0.15, 0.2) is 18.2 Å². The number of aliphatic hydroxyl groups excluding tert-OH is 1. The van der Waals surface area contributed by atoms with Gasteiger partial charge in [-0.05, 0) is 18.2 Å². The van der Waals surface area contributed by atoms with E-state index >= 15 is 0 Å². The van der Waals surface area contributed by atoms with Crippen LogP contribution in [0.4, 0.5) is 13.2 Å². The molecule has 1 fully saturated rings. The highest BCUT2D eigenvalue weighted by molar-refractivity contribution is 5.38. The predicted octanol–water partition coefficient (Wildman–Crippen LogP) is 1.41. The number of aliphatic hydroxyl groups is 1. The minimum Gasteiger partial charge on any atom is -0.496 e. The Morgan fingerprint density at radius 2 is 2.05 bits per heavy atom. The highest BCUT2D eigenvalue weighted by atomic mass is 19.3. The lowest BCUT2D eigenvalue weighted by Crippen LogP contribution is -2.51. The summed E-state index contributed by atoms with van der Waals surface area (Å²) in [5, 5.41) is 12.1. The Balaban J connectivity index is 2.46. The number of nitrogens with one attached hydrogen (secondary N) is 1. The maximum Gasteiger partial charge on any atom is 0.290 e. The van der Waals surface area contributed by atoms with Crippen molar-refractivity contribution in [3.8, 4) is 5.75 Å². The molecule has 1 atom stereocenters. The first kappa shape index (κ1) is 16.1. The molecule has 1 aromatic rings. The van der Waals surface area contributed by atoms with Crippen LogP contribution in [0.1, 0.15) is 11.6 Å². The number of alkyl halides is 2. The fraction of sp³-hybridized carbons (Fsp3) is 0.571. The van der Waals surface area contributed by atoms with Crippen LogP contribution in [-0.4, -0.2) is 55.8 Å². The van der Waals surface area contributed by atoms with Crippen LogP contribution in [0.25, 0.3) is 0 Å². The highest BCUT2D eigenvalue weighted by Crippen LogP contribution is 2.40. The molecule has 0 spiro atoms. The molecule has 2 rings (SSSR count). The van der Waals surface area contributed by atoms with E-state index < -0.39 is 24.4 Å². The topological polar surface area (TPSA) is 44.7 Å². The maximum atomic E-state index is 14.2. The summed E-state index contributed by atoms with van der Waals surface area (Å²) in [7, 11) is 1.35. The van der Waals surface area contributed by atoms with Gasteiger partial charge >= 0.3 is 0 Å². The molecule has 0 radical (unpaired) electrons. The summed E-state index contributed by atoms with van der Waals surface area (Å²) in [5.74, 6) is -3.81. The molecule has 0 bridgehead atoms. The van der Waals surface area contributed by atoms with Gasteiger partial charge < -0.3 is 15.2 Å². The molecule has 2 N–H and O–H groups in total. The van der Waals surface area contributed by atoms with E-state index in [2.05, 4.69) is 5.32 Å². The first-order valence-electron chi connectivity index (χ1n) is 6.76. The van der Waals surface area contributed by atoms with Gasteiger partial charge in [0.15, 0.2) is 0 Å². The van der Waals surface area contributed by atoms with Gasteiger partial charge in [-0.25, -0.2) is 13.2 Å². The maximum absolute atomic E-state index is 14.2. The van der Waals surface area contributed by atoms with Crippen molar-refractivity contribution >= 4 is 0 Å². The Labute approximate surface area is 121 Å². The number of rotatable bonds is 5. The normalized spacial score (nSPS) is 18.5. The van der Waals surface area contributed by atoms with Crippen LogP contribution in [0, 0.1) is 5.82 Å². The smallest absolute Gasteiger partial charge is 0.290 e. The second kappa shape index (κ2) is 6.64. The molecule has 0 saturated carbocycles. The van der Waals surface area contributed by atoms with Crippen molar-refractivity contribution in [2.45, 2.75) is 12.0 Å². The molecule has 0 unspecified atom stereocenters. The van der Waals surface area contributed by atoms with Gasteiger partial charge in [0.05, 0.1) is 7.11 Å². The Kier molecular flexibility index (Phi) is 5.08. The highest BCUT2D eigenvalue weighted by Gasteiger charge is 2.45. The minimum absolute atomic E-state index is 0.0541.